The van der Waals surface area contributed by atoms with Crippen molar-refractivity contribution in [1.29, 1.82) is 0 Å². The van der Waals surface area contributed by atoms with Gasteiger partial charge in [0.25, 0.3) is 0 Å². The maximum atomic E-state index is 3.84. The third kappa shape index (κ3) is 4.32. The molecule has 0 radical (unpaired) electrons. The molecule has 0 nitrogen and oxygen atoms in total. The van der Waals surface area contributed by atoms with Crippen LogP contribution in [0, 0.1) is 0 Å². The Morgan fingerprint density at radius 2 is 0.846 bits per heavy atom. The van der Waals surface area contributed by atoms with Crippen LogP contribution >= 0.6 is 0 Å². The number of hydrogen-bond acceptors (Lipinski definition) is 0. The monoisotopic (exact) mass is 238 g/mol. The molecule has 0 bridgehead atoms. The molecule has 0 heterocycles. The maximum absolute atomic E-state index is 3.84. The summed E-state index contributed by atoms with van der Waals surface area (Å²) in [4.78, 5) is 0. The van der Waals surface area contributed by atoms with Crippen molar-refractivity contribution in [2.45, 2.75) is 21.0 Å². The summed E-state index contributed by atoms with van der Waals surface area (Å²) in [6.07, 6.45) is 8.21. The summed E-state index contributed by atoms with van der Waals surface area (Å²) in [6.45, 7) is 15.3. The van der Waals surface area contributed by atoms with E-state index in [2.05, 4.69) is 50.6 Å². The van der Waals surface area contributed by atoms with Gasteiger partial charge in [-0.25, -0.2) is 0 Å². The topological polar surface area (TPSA) is 0 Å². The molecule has 0 aliphatic rings. The van der Waals surface area contributed by atoms with Gasteiger partial charge < -0.3 is 0 Å². The van der Waals surface area contributed by atoms with Crippen molar-refractivity contribution in [3.05, 3.63) is 50.6 Å². The van der Waals surface area contributed by atoms with E-state index in [1.54, 1.807) is 0 Å². The fraction of sp³-hybridized carbons (Fsp3) is 0.333. The molecule has 0 N–H and O–H groups in total. The molecule has 0 atom stereocenters. The van der Waals surface area contributed by atoms with E-state index < -0.39 is 13.3 Å². The van der Waals surface area contributed by atoms with E-state index in [9.17, 15) is 0 Å². The molecule has 0 rings (SSSR count). The molecule has 0 aromatic rings. The summed E-state index contributed by atoms with van der Waals surface area (Å²) in [6, 6.07) is 0. The number of rotatable bonds is 8. The normalized spacial score (nSPS) is 10.5. The van der Waals surface area contributed by atoms with Crippen molar-refractivity contribution in [1.82, 2.24) is 0 Å². The fourth-order valence-electron chi connectivity index (χ4n) is 1.72. The zero-order valence-corrected chi connectivity index (χ0v) is 10.6. The number of allylic oxidation sites excluding steroid dienone is 4. The molecule has 0 fully saturated rings. The molecule has 0 saturated heterocycles. The minimum atomic E-state index is -1.79. The summed E-state index contributed by atoms with van der Waals surface area (Å²) in [5.41, 5.74) is 0. The van der Waals surface area contributed by atoms with Gasteiger partial charge in [-0.05, 0) is 0 Å². The van der Waals surface area contributed by atoms with Gasteiger partial charge in [-0.1, -0.05) is 0 Å². The minimum absolute atomic E-state index is 1.18. The average Bonchev–Trinajstić information content (AvgIpc) is 2.06. The molecule has 0 aromatic heterocycles. The van der Waals surface area contributed by atoms with Gasteiger partial charge in [0.05, 0.1) is 0 Å². The van der Waals surface area contributed by atoms with E-state index in [0.717, 1.165) is 0 Å². The van der Waals surface area contributed by atoms with Crippen LogP contribution in [0.5, 0.6) is 0 Å². The van der Waals surface area contributed by atoms with Gasteiger partial charge in [0, 0.05) is 0 Å². The van der Waals surface area contributed by atoms with Crippen LogP contribution in [0.15, 0.2) is 50.6 Å². The van der Waals surface area contributed by atoms with E-state index in [1.165, 1.54) is 21.0 Å². The van der Waals surface area contributed by atoms with E-state index in [0.29, 0.717) is 0 Å². The first-order chi connectivity index (χ1) is 6.24. The van der Waals surface area contributed by atoms with E-state index in [4.69, 9.17) is 0 Å². The Bertz CT molecular complexity index is 146. The Balaban J connectivity index is 4.53. The van der Waals surface area contributed by atoms with Crippen LogP contribution in [0.3, 0.4) is 0 Å². The molecule has 13 heavy (non-hydrogen) atoms. The summed E-state index contributed by atoms with van der Waals surface area (Å²) in [7, 11) is 0. The second-order valence-electron chi connectivity index (χ2n) is 3.47. The Hall–Kier alpha value is -0.497. The Morgan fingerprint density at radius 1 is 0.615 bits per heavy atom. The molecule has 0 aliphatic heterocycles. The third-order valence-electron chi connectivity index (χ3n) is 2.31. The van der Waals surface area contributed by atoms with Crippen LogP contribution < -0.4 is 0 Å². The quantitative estimate of drug-likeness (QED) is 0.438. The first-order valence-corrected chi connectivity index (χ1v) is 10.6. The second-order valence-corrected chi connectivity index (χ2v) is 13.2. The zero-order chi connectivity index (χ0) is 10.2. The molecule has 0 aliphatic carbocycles. The van der Waals surface area contributed by atoms with Crippen LogP contribution in [0.25, 0.3) is 0 Å². The van der Waals surface area contributed by atoms with Gasteiger partial charge in [-0.15, -0.1) is 0 Å². The van der Waals surface area contributed by atoms with Crippen LogP contribution in [0.4, 0.5) is 0 Å². The van der Waals surface area contributed by atoms with Crippen molar-refractivity contribution in [2.24, 2.45) is 0 Å². The molecular weight excluding hydrogens is 217 g/mol. The molecule has 0 aromatic carbocycles. The van der Waals surface area contributed by atoms with Gasteiger partial charge in [-0.2, -0.15) is 0 Å². The molecule has 72 valence electrons. The summed E-state index contributed by atoms with van der Waals surface area (Å²) in [5, 5.41) is 4.74. The van der Waals surface area contributed by atoms with Crippen LogP contribution in [0.1, 0.15) is 0 Å². The molecule has 0 unspecified atom stereocenters. The second kappa shape index (κ2) is 6.96. The van der Waals surface area contributed by atoms with Crippen molar-refractivity contribution in [3.8, 4) is 0 Å². The average molecular weight is 237 g/mol. The molecule has 0 saturated carbocycles. The standard InChI is InChI=1S/C12H20Ge/c1-5-9-13(10-6-2,11-7-3)12-8-4/h5-8H,1-4,9-12H2. The zero-order valence-electron chi connectivity index (χ0n) is 8.47. The first kappa shape index (κ1) is 12.5. The Morgan fingerprint density at radius 3 is 1.00 bits per heavy atom. The first-order valence-electron chi connectivity index (χ1n) is 4.68. The van der Waals surface area contributed by atoms with E-state index >= 15 is 0 Å². The van der Waals surface area contributed by atoms with Gasteiger partial charge in [-0.3, -0.25) is 0 Å². The summed E-state index contributed by atoms with van der Waals surface area (Å²) in [5.74, 6) is 0. The van der Waals surface area contributed by atoms with E-state index in [-0.39, 0.29) is 0 Å². The number of hydrogen-bond donors (Lipinski definition) is 0. The van der Waals surface area contributed by atoms with Crippen LogP contribution in [-0.2, 0) is 0 Å². The van der Waals surface area contributed by atoms with Crippen LogP contribution in [0.2, 0.25) is 21.0 Å². The molecule has 0 amide bonds. The summed E-state index contributed by atoms with van der Waals surface area (Å²) >= 11 is -1.79. The van der Waals surface area contributed by atoms with Crippen molar-refractivity contribution < 1.29 is 0 Å². The predicted molar refractivity (Wildman–Crippen MR) is 65.8 cm³/mol. The van der Waals surface area contributed by atoms with Crippen LogP contribution in [-0.4, -0.2) is 13.3 Å². The van der Waals surface area contributed by atoms with Gasteiger partial charge >= 0.3 is 84.9 Å². The molecule has 1 heteroatoms. The molecular formula is C12H20Ge. The Kier molecular flexibility index (Phi) is 6.69. The predicted octanol–water partition coefficient (Wildman–Crippen LogP) is 4.18. The van der Waals surface area contributed by atoms with Gasteiger partial charge in [0.2, 0.25) is 0 Å². The SMILES string of the molecule is C=C[CH2][Ge]([CH2]C=C)([CH2]C=C)[CH2]C=C. The van der Waals surface area contributed by atoms with Gasteiger partial charge in [0.1, 0.15) is 0 Å². The fourth-order valence-corrected chi connectivity index (χ4v) is 8.96. The summed E-state index contributed by atoms with van der Waals surface area (Å²) < 4.78 is 0. The van der Waals surface area contributed by atoms with Crippen molar-refractivity contribution >= 4 is 13.3 Å². The van der Waals surface area contributed by atoms with Crippen molar-refractivity contribution in [3.63, 3.8) is 0 Å². The third-order valence-corrected chi connectivity index (χ3v) is 12.0. The Labute approximate surface area is 85.1 Å². The van der Waals surface area contributed by atoms with Gasteiger partial charge in [0.15, 0.2) is 0 Å². The van der Waals surface area contributed by atoms with Crippen molar-refractivity contribution in [2.75, 3.05) is 0 Å². The van der Waals surface area contributed by atoms with E-state index in [1.807, 2.05) is 0 Å². The molecule has 0 spiro atoms.